The monoisotopic (exact) mass is 342 g/mol. The zero-order valence-electron chi connectivity index (χ0n) is 14.7. The van der Waals surface area contributed by atoms with Gasteiger partial charge in [-0.15, -0.1) is 11.3 Å². The lowest BCUT2D eigenvalue weighted by molar-refractivity contribution is 0.0941. The van der Waals surface area contributed by atoms with E-state index in [2.05, 4.69) is 43.4 Å². The van der Waals surface area contributed by atoms with Gasteiger partial charge in [0.2, 0.25) is 0 Å². The van der Waals surface area contributed by atoms with Crippen LogP contribution in [0.3, 0.4) is 0 Å². The third kappa shape index (κ3) is 3.70. The third-order valence-electron chi connectivity index (χ3n) is 4.91. The van der Waals surface area contributed by atoms with Crippen molar-refractivity contribution in [3.63, 3.8) is 0 Å². The largest absolute Gasteiger partial charge is 0.350 e. The Morgan fingerprint density at radius 1 is 1.33 bits per heavy atom. The van der Waals surface area contributed by atoms with Gasteiger partial charge in [-0.25, -0.2) is 0 Å². The van der Waals surface area contributed by atoms with E-state index < -0.39 is 0 Å². The van der Waals surface area contributed by atoms with Crippen LogP contribution in [-0.4, -0.2) is 31.4 Å². The molecule has 0 spiro atoms. The van der Waals surface area contributed by atoms with E-state index in [0.717, 1.165) is 24.3 Å². The molecule has 0 saturated carbocycles. The summed E-state index contributed by atoms with van der Waals surface area (Å²) in [5, 5.41) is 5.20. The van der Waals surface area contributed by atoms with Gasteiger partial charge in [0, 0.05) is 16.8 Å². The molecule has 4 heteroatoms. The fourth-order valence-electron chi connectivity index (χ4n) is 3.43. The molecule has 0 aliphatic heterocycles. The molecule has 3 nitrogen and oxygen atoms in total. The fraction of sp³-hybridized carbons (Fsp3) is 0.450. The van der Waals surface area contributed by atoms with Crippen molar-refractivity contribution >= 4 is 17.2 Å². The molecule has 24 heavy (non-hydrogen) atoms. The van der Waals surface area contributed by atoms with E-state index in [1.54, 1.807) is 11.3 Å². The van der Waals surface area contributed by atoms with E-state index in [-0.39, 0.29) is 11.9 Å². The molecule has 0 fully saturated rings. The van der Waals surface area contributed by atoms with Crippen LogP contribution in [0.5, 0.6) is 0 Å². The summed E-state index contributed by atoms with van der Waals surface area (Å²) < 4.78 is 0. The number of hydrogen-bond donors (Lipinski definition) is 1. The van der Waals surface area contributed by atoms with Gasteiger partial charge in [0.15, 0.2) is 0 Å². The second kappa shape index (κ2) is 7.49. The van der Waals surface area contributed by atoms with Crippen LogP contribution in [0.1, 0.15) is 45.7 Å². The van der Waals surface area contributed by atoms with Crippen LogP contribution in [0.25, 0.3) is 0 Å². The van der Waals surface area contributed by atoms with Gasteiger partial charge in [0.1, 0.15) is 0 Å². The molecular weight excluding hydrogens is 316 g/mol. The number of likely N-dealkylation sites (N-methyl/N-ethyl adjacent to an activating group) is 1. The highest BCUT2D eigenvalue weighted by Gasteiger charge is 2.24. The van der Waals surface area contributed by atoms with Crippen LogP contribution >= 0.6 is 11.3 Å². The number of fused-ring (bicyclic) bond motifs is 1. The Labute approximate surface area is 148 Å². The lowest BCUT2D eigenvalue weighted by atomic mass is 9.88. The number of amides is 1. The predicted molar refractivity (Wildman–Crippen MR) is 101 cm³/mol. The number of benzene rings is 1. The minimum absolute atomic E-state index is 0.0739. The van der Waals surface area contributed by atoms with Gasteiger partial charge in [-0.2, -0.15) is 0 Å². The van der Waals surface area contributed by atoms with Crippen LogP contribution in [0.15, 0.2) is 35.7 Å². The van der Waals surface area contributed by atoms with Gasteiger partial charge < -0.3 is 10.2 Å². The summed E-state index contributed by atoms with van der Waals surface area (Å²) in [5.41, 5.74) is 3.41. The molecule has 1 amide bonds. The first kappa shape index (κ1) is 17.2. The third-order valence-corrected chi connectivity index (χ3v) is 5.96. The summed E-state index contributed by atoms with van der Waals surface area (Å²) in [6, 6.07) is 10.5. The quantitative estimate of drug-likeness (QED) is 0.893. The van der Waals surface area contributed by atoms with Gasteiger partial charge >= 0.3 is 0 Å². The molecule has 0 radical (unpaired) electrons. The zero-order chi connectivity index (χ0) is 17.1. The standard InChI is InChI=1S/C20H26N2OS/c1-14-9-10-16-17(13-24-19(16)11-14)20(23)21-12-18(22(2)3)15-7-5-4-6-8-15/h4-8,13-14,18H,9-12H2,1-3H3,(H,21,23). The number of thiophene rings is 1. The summed E-state index contributed by atoms with van der Waals surface area (Å²) in [6.45, 7) is 2.92. The molecule has 0 saturated heterocycles. The summed E-state index contributed by atoms with van der Waals surface area (Å²) in [4.78, 5) is 16.3. The Morgan fingerprint density at radius 3 is 2.79 bits per heavy atom. The van der Waals surface area contributed by atoms with E-state index in [1.807, 2.05) is 23.6 Å². The summed E-state index contributed by atoms with van der Waals surface area (Å²) in [7, 11) is 4.11. The maximum Gasteiger partial charge on any atom is 0.252 e. The van der Waals surface area contributed by atoms with E-state index in [4.69, 9.17) is 0 Å². The lowest BCUT2D eigenvalue weighted by Gasteiger charge is -2.25. The van der Waals surface area contributed by atoms with Crippen molar-refractivity contribution in [1.29, 1.82) is 0 Å². The molecule has 128 valence electrons. The minimum Gasteiger partial charge on any atom is -0.350 e. The van der Waals surface area contributed by atoms with E-state index >= 15 is 0 Å². The second-order valence-electron chi connectivity index (χ2n) is 7.00. The Hall–Kier alpha value is -1.65. The van der Waals surface area contributed by atoms with Crippen LogP contribution < -0.4 is 5.32 Å². The van der Waals surface area contributed by atoms with E-state index in [1.165, 1.54) is 22.4 Å². The molecule has 2 aromatic rings. The predicted octanol–water partition coefficient (Wildman–Crippen LogP) is 3.91. The maximum atomic E-state index is 12.7. The maximum absolute atomic E-state index is 12.7. The summed E-state index contributed by atoms with van der Waals surface area (Å²) in [6.07, 6.45) is 3.35. The topological polar surface area (TPSA) is 32.3 Å². The highest BCUT2D eigenvalue weighted by molar-refractivity contribution is 7.10. The number of hydrogen-bond acceptors (Lipinski definition) is 3. The Balaban J connectivity index is 1.69. The van der Waals surface area contributed by atoms with Crippen LogP contribution in [-0.2, 0) is 12.8 Å². The zero-order valence-corrected chi connectivity index (χ0v) is 15.5. The molecule has 1 aromatic heterocycles. The number of nitrogens with one attached hydrogen (secondary N) is 1. The second-order valence-corrected chi connectivity index (χ2v) is 7.96. The molecule has 3 rings (SSSR count). The van der Waals surface area contributed by atoms with Crippen molar-refractivity contribution in [3.05, 3.63) is 57.3 Å². The fourth-order valence-corrected chi connectivity index (χ4v) is 4.67. The minimum atomic E-state index is 0.0739. The molecule has 0 bridgehead atoms. The van der Waals surface area contributed by atoms with Crippen molar-refractivity contribution < 1.29 is 4.79 Å². The molecule has 2 unspecified atom stereocenters. The smallest absolute Gasteiger partial charge is 0.252 e. The first-order valence-corrected chi connectivity index (χ1v) is 9.53. The van der Waals surface area contributed by atoms with Gasteiger partial charge in [-0.05, 0) is 50.4 Å². The Bertz CT molecular complexity index is 693. The average molecular weight is 343 g/mol. The van der Waals surface area contributed by atoms with Crippen molar-refractivity contribution in [2.45, 2.75) is 32.2 Å². The highest BCUT2D eigenvalue weighted by atomic mass is 32.1. The number of rotatable bonds is 5. The van der Waals surface area contributed by atoms with Gasteiger partial charge in [0.05, 0.1) is 11.6 Å². The first-order chi connectivity index (χ1) is 11.6. The average Bonchev–Trinajstić information content (AvgIpc) is 2.98. The molecule has 1 aliphatic carbocycles. The van der Waals surface area contributed by atoms with Gasteiger partial charge in [-0.3, -0.25) is 4.79 Å². The van der Waals surface area contributed by atoms with Gasteiger partial charge in [-0.1, -0.05) is 37.3 Å². The molecule has 1 heterocycles. The van der Waals surface area contributed by atoms with Crippen molar-refractivity contribution in [3.8, 4) is 0 Å². The normalized spacial score (nSPS) is 18.2. The molecule has 1 aliphatic rings. The molecular formula is C20H26N2OS. The van der Waals surface area contributed by atoms with Crippen LogP contribution in [0.2, 0.25) is 0 Å². The highest BCUT2D eigenvalue weighted by Crippen LogP contribution is 2.32. The van der Waals surface area contributed by atoms with E-state index in [0.29, 0.717) is 6.54 Å². The summed E-state index contributed by atoms with van der Waals surface area (Å²) in [5.74, 6) is 0.813. The molecule has 2 atom stereocenters. The lowest BCUT2D eigenvalue weighted by Crippen LogP contribution is -2.34. The molecule has 1 N–H and O–H groups in total. The van der Waals surface area contributed by atoms with Crippen LogP contribution in [0, 0.1) is 5.92 Å². The number of carbonyl (C=O) groups excluding carboxylic acids is 1. The Kier molecular flexibility index (Phi) is 5.36. The van der Waals surface area contributed by atoms with Crippen molar-refractivity contribution in [2.24, 2.45) is 5.92 Å². The molecule has 1 aromatic carbocycles. The number of carbonyl (C=O) groups is 1. The Morgan fingerprint density at radius 2 is 2.08 bits per heavy atom. The van der Waals surface area contributed by atoms with Gasteiger partial charge in [0.25, 0.3) is 5.91 Å². The SMILES string of the molecule is CC1CCc2c(C(=O)NCC(c3ccccc3)N(C)C)csc2C1. The first-order valence-electron chi connectivity index (χ1n) is 8.65. The summed E-state index contributed by atoms with van der Waals surface area (Å²) >= 11 is 1.75. The van der Waals surface area contributed by atoms with Crippen molar-refractivity contribution in [2.75, 3.05) is 20.6 Å². The number of nitrogens with zero attached hydrogens (tertiary/aromatic N) is 1. The van der Waals surface area contributed by atoms with E-state index in [9.17, 15) is 4.79 Å². The van der Waals surface area contributed by atoms with Crippen molar-refractivity contribution in [1.82, 2.24) is 10.2 Å². The van der Waals surface area contributed by atoms with Crippen LogP contribution in [0.4, 0.5) is 0 Å².